The van der Waals surface area contributed by atoms with Crippen LogP contribution in [0.1, 0.15) is 47.0 Å². The molecule has 0 aliphatic carbocycles. The van der Waals surface area contributed by atoms with Crippen LogP contribution >= 0.6 is 0 Å². The summed E-state index contributed by atoms with van der Waals surface area (Å²) in [6.07, 6.45) is 1.68. The van der Waals surface area contributed by atoms with Crippen LogP contribution in [-0.2, 0) is 14.8 Å². The Bertz CT molecular complexity index is 1030. The van der Waals surface area contributed by atoms with Crippen molar-refractivity contribution in [3.8, 4) is 0 Å². The van der Waals surface area contributed by atoms with Crippen molar-refractivity contribution in [2.75, 3.05) is 32.1 Å². The lowest BCUT2D eigenvalue weighted by Gasteiger charge is -2.28. The first-order chi connectivity index (χ1) is 15.8. The number of nitrogens with one attached hydrogen (secondary N) is 1. The third kappa shape index (κ3) is 9.13. The number of hydrogen-bond donors (Lipinski definition) is 2. The first kappa shape index (κ1) is 27.9. The average molecular weight is 491 g/mol. The highest BCUT2D eigenvalue weighted by molar-refractivity contribution is 7.89. The Morgan fingerprint density at radius 3 is 1.97 bits per heavy atom. The highest BCUT2D eigenvalue weighted by atomic mass is 32.2. The van der Waals surface area contributed by atoms with E-state index < -0.39 is 21.2 Å². The molecule has 34 heavy (non-hydrogen) atoms. The molecule has 0 saturated carbocycles. The van der Waals surface area contributed by atoms with E-state index in [1.165, 1.54) is 12.1 Å². The van der Waals surface area contributed by atoms with Gasteiger partial charge < -0.3 is 14.7 Å². The predicted octanol–water partition coefficient (Wildman–Crippen LogP) is 5.18. The van der Waals surface area contributed by atoms with Crippen LogP contribution in [0.25, 0.3) is 0 Å². The first-order valence-electron chi connectivity index (χ1n) is 11.5. The Balaban J connectivity index is 1.88. The van der Waals surface area contributed by atoms with E-state index in [4.69, 9.17) is 4.74 Å². The summed E-state index contributed by atoms with van der Waals surface area (Å²) in [5.74, 6) is 0. The molecule has 0 radical (unpaired) electrons. The third-order valence-electron chi connectivity index (χ3n) is 5.71. The van der Waals surface area contributed by atoms with Crippen molar-refractivity contribution in [2.45, 2.75) is 63.1 Å². The van der Waals surface area contributed by atoms with Crippen molar-refractivity contribution >= 4 is 27.1 Å². The van der Waals surface area contributed by atoms with Crippen LogP contribution in [0.5, 0.6) is 0 Å². The molecule has 0 fully saturated rings. The summed E-state index contributed by atoms with van der Waals surface area (Å²) in [6.45, 7) is 8.19. The Morgan fingerprint density at radius 1 is 0.941 bits per heavy atom. The van der Waals surface area contributed by atoms with Gasteiger partial charge in [0.25, 0.3) is 0 Å². The SMILES string of the molecule is CCC(C)(O)CCOC(C)(C)CCNS(=O)(=O)c1ccc(/N=N/c2ccc(N(C)C)cc2)cc1. The zero-order valence-corrected chi connectivity index (χ0v) is 21.9. The molecule has 2 aromatic carbocycles. The molecule has 2 N–H and O–H groups in total. The quantitative estimate of drug-likeness (QED) is 0.376. The lowest BCUT2D eigenvalue weighted by atomic mass is 9.99. The summed E-state index contributed by atoms with van der Waals surface area (Å²) < 4.78 is 33.8. The van der Waals surface area contributed by atoms with Crippen molar-refractivity contribution in [1.29, 1.82) is 0 Å². The van der Waals surface area contributed by atoms with Gasteiger partial charge in [-0.15, -0.1) is 0 Å². The molecule has 0 amide bonds. The minimum absolute atomic E-state index is 0.166. The lowest BCUT2D eigenvalue weighted by molar-refractivity contribution is -0.0542. The van der Waals surface area contributed by atoms with E-state index in [0.29, 0.717) is 37.2 Å². The zero-order valence-electron chi connectivity index (χ0n) is 21.1. The largest absolute Gasteiger partial charge is 0.390 e. The molecule has 2 aromatic rings. The molecule has 8 nitrogen and oxygen atoms in total. The summed E-state index contributed by atoms with van der Waals surface area (Å²) >= 11 is 0. The first-order valence-corrected chi connectivity index (χ1v) is 13.0. The maximum absolute atomic E-state index is 12.6. The van der Waals surface area contributed by atoms with E-state index >= 15 is 0 Å². The number of sulfonamides is 1. The summed E-state index contributed by atoms with van der Waals surface area (Å²) in [5, 5.41) is 18.5. The normalized spacial score (nSPS) is 14.3. The maximum Gasteiger partial charge on any atom is 0.240 e. The van der Waals surface area contributed by atoms with E-state index in [9.17, 15) is 13.5 Å². The van der Waals surface area contributed by atoms with E-state index in [-0.39, 0.29) is 11.4 Å². The fourth-order valence-electron chi connectivity index (χ4n) is 2.99. The monoisotopic (exact) mass is 490 g/mol. The van der Waals surface area contributed by atoms with Crippen LogP contribution in [0.3, 0.4) is 0 Å². The average Bonchev–Trinajstić information content (AvgIpc) is 2.77. The number of nitrogens with zero attached hydrogens (tertiary/aromatic N) is 3. The van der Waals surface area contributed by atoms with Gasteiger partial charge in [0, 0.05) is 26.3 Å². The van der Waals surface area contributed by atoms with Gasteiger partial charge in [0.05, 0.1) is 34.1 Å². The summed E-state index contributed by atoms with van der Waals surface area (Å²) in [6, 6.07) is 13.9. The summed E-state index contributed by atoms with van der Waals surface area (Å²) in [7, 11) is 0.288. The van der Waals surface area contributed by atoms with E-state index in [1.807, 2.05) is 64.0 Å². The van der Waals surface area contributed by atoms with E-state index in [1.54, 1.807) is 19.1 Å². The number of anilines is 1. The Labute approximate surface area is 204 Å². The minimum Gasteiger partial charge on any atom is -0.390 e. The van der Waals surface area contributed by atoms with Crippen molar-refractivity contribution in [3.05, 3.63) is 48.5 Å². The number of rotatable bonds is 13. The van der Waals surface area contributed by atoms with Gasteiger partial charge >= 0.3 is 0 Å². The fraction of sp³-hybridized carbons (Fsp3) is 0.520. The molecule has 0 aromatic heterocycles. The molecule has 0 bridgehead atoms. The van der Waals surface area contributed by atoms with Gasteiger partial charge in [0.15, 0.2) is 0 Å². The van der Waals surface area contributed by atoms with Crippen molar-refractivity contribution in [3.63, 3.8) is 0 Å². The van der Waals surface area contributed by atoms with Crippen molar-refractivity contribution in [2.24, 2.45) is 10.2 Å². The molecule has 188 valence electrons. The topological polar surface area (TPSA) is 104 Å². The second kappa shape index (κ2) is 11.9. The second-order valence-corrected chi connectivity index (χ2v) is 11.2. The van der Waals surface area contributed by atoms with Crippen molar-refractivity contribution < 1.29 is 18.3 Å². The molecule has 1 atom stereocenters. The molecule has 0 heterocycles. The number of ether oxygens (including phenoxy) is 1. The predicted molar refractivity (Wildman–Crippen MR) is 137 cm³/mol. The molecule has 1 unspecified atom stereocenters. The molecule has 0 spiro atoms. The zero-order chi connectivity index (χ0) is 25.4. The lowest BCUT2D eigenvalue weighted by Crippen LogP contribution is -2.34. The molecular weight excluding hydrogens is 452 g/mol. The number of hydrogen-bond acceptors (Lipinski definition) is 7. The standard InChI is InChI=1S/C25H38N4O4S/c1-7-25(4,30)17-19-33-24(2,3)16-18-26-34(31,32)23-14-10-21(11-15-23)28-27-20-8-12-22(13-9-20)29(5)6/h8-15,26,30H,7,16-19H2,1-6H3/b28-27+. The number of benzene rings is 2. The van der Waals surface area contributed by atoms with Crippen LogP contribution in [0.4, 0.5) is 17.1 Å². The van der Waals surface area contributed by atoms with Crippen LogP contribution in [0, 0.1) is 0 Å². The Morgan fingerprint density at radius 2 is 1.47 bits per heavy atom. The fourth-order valence-corrected chi connectivity index (χ4v) is 4.02. The molecule has 2 rings (SSSR count). The summed E-state index contributed by atoms with van der Waals surface area (Å²) in [5.41, 5.74) is 1.09. The second-order valence-electron chi connectivity index (χ2n) is 9.46. The van der Waals surface area contributed by atoms with E-state index in [0.717, 1.165) is 5.69 Å². The Hall–Kier alpha value is -2.33. The highest BCUT2D eigenvalue weighted by Crippen LogP contribution is 2.23. The van der Waals surface area contributed by atoms with Crippen LogP contribution in [-0.4, -0.2) is 52.0 Å². The molecule has 0 aliphatic heterocycles. The van der Waals surface area contributed by atoms with Gasteiger partial charge in [-0.05, 0) is 88.6 Å². The number of azo groups is 1. The van der Waals surface area contributed by atoms with E-state index in [2.05, 4.69) is 15.0 Å². The van der Waals surface area contributed by atoms with Crippen molar-refractivity contribution in [1.82, 2.24) is 4.72 Å². The summed E-state index contributed by atoms with van der Waals surface area (Å²) in [4.78, 5) is 2.17. The van der Waals surface area contributed by atoms with Gasteiger partial charge in [0.2, 0.25) is 10.0 Å². The molecule has 0 saturated heterocycles. The molecule has 0 aliphatic rings. The maximum atomic E-state index is 12.6. The van der Waals surface area contributed by atoms with Crippen LogP contribution in [0.15, 0.2) is 63.7 Å². The van der Waals surface area contributed by atoms with Gasteiger partial charge in [-0.2, -0.15) is 10.2 Å². The minimum atomic E-state index is -3.65. The van der Waals surface area contributed by atoms with Gasteiger partial charge in [-0.1, -0.05) is 6.92 Å². The molecule has 9 heteroatoms. The Kier molecular flexibility index (Phi) is 9.75. The van der Waals surface area contributed by atoms with Crippen LogP contribution < -0.4 is 9.62 Å². The highest BCUT2D eigenvalue weighted by Gasteiger charge is 2.23. The smallest absolute Gasteiger partial charge is 0.240 e. The third-order valence-corrected chi connectivity index (χ3v) is 7.19. The van der Waals surface area contributed by atoms with Crippen LogP contribution in [0.2, 0.25) is 0 Å². The van der Waals surface area contributed by atoms with Gasteiger partial charge in [-0.3, -0.25) is 0 Å². The molecular formula is C25H38N4O4S. The number of aliphatic hydroxyl groups is 1. The van der Waals surface area contributed by atoms with Gasteiger partial charge in [0.1, 0.15) is 0 Å². The van der Waals surface area contributed by atoms with Gasteiger partial charge in [-0.25, -0.2) is 13.1 Å².